The van der Waals surface area contributed by atoms with E-state index in [-0.39, 0.29) is 5.75 Å². The van der Waals surface area contributed by atoms with E-state index in [1.54, 1.807) is 12.1 Å². The monoisotopic (exact) mass is 282 g/mol. The Morgan fingerprint density at radius 3 is 2.71 bits per heavy atom. The van der Waals surface area contributed by atoms with Crippen LogP contribution in [0.2, 0.25) is 0 Å². The van der Waals surface area contributed by atoms with Crippen molar-refractivity contribution < 1.29 is 18.8 Å². The van der Waals surface area contributed by atoms with Crippen molar-refractivity contribution >= 4 is 23.3 Å². The van der Waals surface area contributed by atoms with Gasteiger partial charge in [0.15, 0.2) is 11.5 Å². The van der Waals surface area contributed by atoms with Crippen LogP contribution in [0.1, 0.15) is 11.5 Å². The standard InChI is InChI=1S/C17H15NO3/c1-18-13-5-3-4-6-15(13)21-17(18)10-8-12-7-9-14(19)16(11-12)20-2/h3-11H,1-2H3/p+1. The number of oxazole rings is 1. The van der Waals surface area contributed by atoms with Crippen LogP contribution in [0.5, 0.6) is 11.5 Å². The number of methoxy groups -OCH3 is 1. The Morgan fingerprint density at radius 1 is 1.14 bits per heavy atom. The Kier molecular flexibility index (Phi) is 3.36. The third-order valence-corrected chi connectivity index (χ3v) is 3.39. The Balaban J connectivity index is 1.96. The number of rotatable bonds is 3. The van der Waals surface area contributed by atoms with E-state index in [2.05, 4.69) is 0 Å². The van der Waals surface area contributed by atoms with Crippen LogP contribution in [0.3, 0.4) is 0 Å². The SMILES string of the molecule is COc1cc(/C=C/c2oc3ccccc3[n+]2C)ccc1O. The second-order valence-corrected chi connectivity index (χ2v) is 4.73. The van der Waals surface area contributed by atoms with Gasteiger partial charge in [-0.15, -0.1) is 0 Å². The molecule has 0 aliphatic rings. The van der Waals surface area contributed by atoms with Crippen LogP contribution in [0.4, 0.5) is 0 Å². The molecule has 0 bridgehead atoms. The highest BCUT2D eigenvalue weighted by atomic mass is 16.5. The van der Waals surface area contributed by atoms with Gasteiger partial charge < -0.3 is 14.3 Å². The molecule has 0 spiro atoms. The van der Waals surface area contributed by atoms with Crippen LogP contribution in [0.15, 0.2) is 46.9 Å². The van der Waals surface area contributed by atoms with Gasteiger partial charge in [-0.25, -0.2) is 0 Å². The molecule has 4 heteroatoms. The molecule has 1 N–H and O–H groups in total. The molecule has 0 fully saturated rings. The Labute approximate surface area is 122 Å². The minimum Gasteiger partial charge on any atom is -0.504 e. The molecule has 0 atom stereocenters. The number of hydrogen-bond donors (Lipinski definition) is 1. The number of benzene rings is 2. The molecule has 3 rings (SSSR count). The van der Waals surface area contributed by atoms with Crippen molar-refractivity contribution in [3.05, 3.63) is 53.9 Å². The van der Waals surface area contributed by atoms with Gasteiger partial charge in [-0.2, -0.15) is 4.57 Å². The highest BCUT2D eigenvalue weighted by Crippen LogP contribution is 2.27. The fraction of sp³-hybridized carbons (Fsp3) is 0.118. The summed E-state index contributed by atoms with van der Waals surface area (Å²) in [6, 6.07) is 13.1. The fourth-order valence-electron chi connectivity index (χ4n) is 2.23. The molecular weight excluding hydrogens is 266 g/mol. The summed E-state index contributed by atoms with van der Waals surface area (Å²) >= 11 is 0. The van der Waals surface area contributed by atoms with Crippen LogP contribution in [-0.2, 0) is 7.05 Å². The van der Waals surface area contributed by atoms with Crippen molar-refractivity contribution in [3.63, 3.8) is 0 Å². The zero-order valence-corrected chi connectivity index (χ0v) is 11.9. The number of aromatic hydroxyl groups is 1. The quantitative estimate of drug-likeness (QED) is 0.751. The molecule has 0 aliphatic carbocycles. The highest BCUT2D eigenvalue weighted by molar-refractivity contribution is 5.72. The second kappa shape index (κ2) is 5.32. The minimum absolute atomic E-state index is 0.129. The second-order valence-electron chi connectivity index (χ2n) is 4.73. The van der Waals surface area contributed by atoms with Gasteiger partial charge in [-0.05, 0) is 29.8 Å². The van der Waals surface area contributed by atoms with E-state index in [1.807, 2.05) is 54.1 Å². The van der Waals surface area contributed by atoms with Gasteiger partial charge in [0.25, 0.3) is 5.52 Å². The van der Waals surface area contributed by atoms with Gasteiger partial charge in [0, 0.05) is 6.07 Å². The lowest BCUT2D eigenvalue weighted by Crippen LogP contribution is -2.29. The average molecular weight is 282 g/mol. The molecule has 4 nitrogen and oxygen atoms in total. The van der Waals surface area contributed by atoms with Gasteiger partial charge in [-0.1, -0.05) is 18.2 Å². The highest BCUT2D eigenvalue weighted by Gasteiger charge is 2.15. The summed E-state index contributed by atoms with van der Waals surface area (Å²) in [5.74, 6) is 1.33. The smallest absolute Gasteiger partial charge is 0.373 e. The van der Waals surface area contributed by atoms with Gasteiger partial charge >= 0.3 is 5.89 Å². The average Bonchev–Trinajstić information content (AvgIpc) is 2.83. The summed E-state index contributed by atoms with van der Waals surface area (Å²) in [6.45, 7) is 0. The third-order valence-electron chi connectivity index (χ3n) is 3.39. The summed E-state index contributed by atoms with van der Waals surface area (Å²) in [5.41, 5.74) is 2.81. The normalized spacial score (nSPS) is 11.3. The van der Waals surface area contributed by atoms with E-state index in [0.717, 1.165) is 22.6 Å². The molecule has 0 saturated carbocycles. The third kappa shape index (κ3) is 2.48. The predicted octanol–water partition coefficient (Wildman–Crippen LogP) is 3.14. The van der Waals surface area contributed by atoms with Gasteiger partial charge in [0.05, 0.1) is 13.2 Å². The molecule has 0 amide bonds. The first-order valence-electron chi connectivity index (χ1n) is 6.61. The maximum absolute atomic E-state index is 9.59. The molecule has 2 aromatic carbocycles. The van der Waals surface area contributed by atoms with Crippen molar-refractivity contribution in [2.75, 3.05) is 7.11 Å². The minimum atomic E-state index is 0.129. The number of phenols is 1. The van der Waals surface area contributed by atoms with Crippen LogP contribution < -0.4 is 9.30 Å². The largest absolute Gasteiger partial charge is 0.504 e. The Bertz CT molecular complexity index is 818. The number of para-hydroxylation sites is 2. The van der Waals surface area contributed by atoms with Crippen molar-refractivity contribution in [2.45, 2.75) is 0 Å². The van der Waals surface area contributed by atoms with E-state index >= 15 is 0 Å². The summed E-state index contributed by atoms with van der Waals surface area (Å²) < 4.78 is 12.9. The maximum Gasteiger partial charge on any atom is 0.373 e. The molecule has 0 aliphatic heterocycles. The summed E-state index contributed by atoms with van der Waals surface area (Å²) in [4.78, 5) is 0. The number of aryl methyl sites for hydroxylation is 1. The van der Waals surface area contributed by atoms with Crippen molar-refractivity contribution in [1.82, 2.24) is 0 Å². The van der Waals surface area contributed by atoms with Gasteiger partial charge in [-0.3, -0.25) is 0 Å². The number of nitrogens with zero attached hydrogens (tertiary/aromatic N) is 1. The molecule has 21 heavy (non-hydrogen) atoms. The van der Waals surface area contributed by atoms with Crippen LogP contribution in [-0.4, -0.2) is 12.2 Å². The molecular formula is C17H16NO3+. The lowest BCUT2D eigenvalue weighted by atomic mass is 10.2. The lowest BCUT2D eigenvalue weighted by Gasteiger charge is -2.03. The molecule has 0 radical (unpaired) electrons. The van der Waals surface area contributed by atoms with E-state index < -0.39 is 0 Å². The molecule has 1 heterocycles. The van der Waals surface area contributed by atoms with E-state index in [4.69, 9.17) is 9.15 Å². The summed E-state index contributed by atoms with van der Waals surface area (Å²) in [6.07, 6.45) is 3.81. The number of phenolic OH excluding ortho intramolecular Hbond substituents is 1. The van der Waals surface area contributed by atoms with Crippen LogP contribution >= 0.6 is 0 Å². The van der Waals surface area contributed by atoms with E-state index in [9.17, 15) is 5.11 Å². The van der Waals surface area contributed by atoms with E-state index in [0.29, 0.717) is 5.75 Å². The van der Waals surface area contributed by atoms with Crippen molar-refractivity contribution in [3.8, 4) is 11.5 Å². The fourth-order valence-corrected chi connectivity index (χ4v) is 2.23. The first kappa shape index (κ1) is 13.2. The Morgan fingerprint density at radius 2 is 1.95 bits per heavy atom. The number of fused-ring (bicyclic) bond motifs is 1. The van der Waals surface area contributed by atoms with Crippen LogP contribution in [0.25, 0.3) is 23.3 Å². The van der Waals surface area contributed by atoms with Gasteiger partial charge in [0.2, 0.25) is 5.58 Å². The van der Waals surface area contributed by atoms with Crippen LogP contribution in [0, 0.1) is 0 Å². The number of ether oxygens (including phenoxy) is 1. The summed E-state index contributed by atoms with van der Waals surface area (Å²) in [7, 11) is 3.49. The van der Waals surface area contributed by atoms with Crippen molar-refractivity contribution in [1.29, 1.82) is 0 Å². The maximum atomic E-state index is 9.59. The molecule has 3 aromatic rings. The zero-order chi connectivity index (χ0) is 14.8. The summed E-state index contributed by atoms with van der Waals surface area (Å²) in [5, 5.41) is 9.59. The molecule has 0 saturated heterocycles. The molecule has 106 valence electrons. The molecule has 1 aromatic heterocycles. The number of hydrogen-bond acceptors (Lipinski definition) is 3. The first-order chi connectivity index (χ1) is 10.2. The zero-order valence-electron chi connectivity index (χ0n) is 11.9. The first-order valence-corrected chi connectivity index (χ1v) is 6.61. The van der Waals surface area contributed by atoms with Gasteiger partial charge in [0.1, 0.15) is 7.05 Å². The Hall–Kier alpha value is -2.75. The van der Waals surface area contributed by atoms with Crippen molar-refractivity contribution in [2.24, 2.45) is 7.05 Å². The van der Waals surface area contributed by atoms with E-state index in [1.165, 1.54) is 7.11 Å². The predicted molar refractivity (Wildman–Crippen MR) is 81.0 cm³/mol. The molecule has 0 unspecified atom stereocenters. The topological polar surface area (TPSA) is 46.5 Å². The number of aromatic nitrogens is 1. The lowest BCUT2D eigenvalue weighted by molar-refractivity contribution is -0.651.